The van der Waals surface area contributed by atoms with Crippen molar-refractivity contribution in [3.63, 3.8) is 0 Å². The lowest BCUT2D eigenvalue weighted by Gasteiger charge is -2.05. The van der Waals surface area contributed by atoms with Gasteiger partial charge in [-0.15, -0.1) is 22.7 Å². The number of Topliss-reactive ketones (excluding diaryl/α,β-unsaturated/α-hetero) is 1. The normalized spacial score (nSPS) is 11.6. The Kier molecular flexibility index (Phi) is 3.57. The molecule has 0 radical (unpaired) electrons. The van der Waals surface area contributed by atoms with Gasteiger partial charge in [0.25, 0.3) is 5.91 Å². The molecular formula is C22H15NO2S2. The fourth-order valence-corrected chi connectivity index (χ4v) is 5.55. The predicted octanol–water partition coefficient (Wildman–Crippen LogP) is 5.98. The summed E-state index contributed by atoms with van der Waals surface area (Å²) in [7, 11) is 1.65. The van der Waals surface area contributed by atoms with Gasteiger partial charge < -0.3 is 5.32 Å². The highest BCUT2D eigenvalue weighted by atomic mass is 32.1. The van der Waals surface area contributed by atoms with Crippen LogP contribution in [0.1, 0.15) is 26.3 Å². The summed E-state index contributed by atoms with van der Waals surface area (Å²) >= 11 is 3.05. The molecule has 0 saturated carbocycles. The number of hydrogen-bond donors (Lipinski definition) is 1. The van der Waals surface area contributed by atoms with Crippen molar-refractivity contribution < 1.29 is 9.59 Å². The Morgan fingerprint density at radius 2 is 1.26 bits per heavy atom. The van der Waals surface area contributed by atoms with Crippen molar-refractivity contribution in [3.8, 4) is 0 Å². The van der Waals surface area contributed by atoms with Crippen molar-refractivity contribution >= 4 is 76.1 Å². The molecule has 2 aromatic heterocycles. The largest absolute Gasteiger partial charge is 0.354 e. The predicted molar refractivity (Wildman–Crippen MR) is 116 cm³/mol. The van der Waals surface area contributed by atoms with E-state index in [0.717, 1.165) is 40.7 Å². The standard InChI is InChI=1S/C22H15NO2S2/c1-11(24)18-7-14-5-12-3-4-13-6-15-8-21(22(25)23-2)27-20(15)10-17(13)16(12)9-19(14)26-18/h3-10H,1-2H3,(H,23,25). The number of hydrogen-bond acceptors (Lipinski definition) is 4. The highest BCUT2D eigenvalue weighted by Gasteiger charge is 2.12. The Bertz CT molecular complexity index is 1410. The SMILES string of the molecule is CNC(=O)c1cc2cc3ccc4cc5cc(C(C)=O)sc5cc4c3cc2s1. The number of ketones is 1. The molecule has 5 heteroatoms. The van der Waals surface area contributed by atoms with Crippen molar-refractivity contribution in [2.24, 2.45) is 0 Å². The maximum atomic E-state index is 12.0. The van der Waals surface area contributed by atoms with E-state index in [2.05, 4.69) is 41.7 Å². The van der Waals surface area contributed by atoms with Crippen LogP contribution >= 0.6 is 22.7 Å². The fourth-order valence-electron chi connectivity index (χ4n) is 3.54. The molecule has 0 aliphatic rings. The van der Waals surface area contributed by atoms with E-state index in [1.165, 1.54) is 22.1 Å². The molecule has 3 nitrogen and oxygen atoms in total. The van der Waals surface area contributed by atoms with Crippen LogP contribution < -0.4 is 5.32 Å². The molecule has 1 N–H and O–H groups in total. The molecule has 0 unspecified atom stereocenters. The zero-order valence-electron chi connectivity index (χ0n) is 14.8. The lowest BCUT2D eigenvalue weighted by molar-refractivity contribution is 0.0966. The number of rotatable bonds is 2. The summed E-state index contributed by atoms with van der Waals surface area (Å²) in [5.41, 5.74) is 0. The summed E-state index contributed by atoms with van der Waals surface area (Å²) in [4.78, 5) is 25.2. The summed E-state index contributed by atoms with van der Waals surface area (Å²) in [6.45, 7) is 1.61. The smallest absolute Gasteiger partial charge is 0.261 e. The molecule has 27 heavy (non-hydrogen) atoms. The molecule has 2 heterocycles. The molecule has 5 aromatic rings. The van der Waals surface area contributed by atoms with Gasteiger partial charge in [0.15, 0.2) is 5.78 Å². The molecule has 132 valence electrons. The number of nitrogens with one attached hydrogen (secondary N) is 1. The number of fused-ring (bicyclic) bond motifs is 5. The minimum atomic E-state index is -0.0535. The second-order valence-electron chi connectivity index (χ2n) is 6.64. The van der Waals surface area contributed by atoms with Gasteiger partial charge in [0, 0.05) is 16.4 Å². The Morgan fingerprint density at radius 3 is 1.78 bits per heavy atom. The molecule has 0 spiro atoms. The molecule has 3 aromatic carbocycles. The Balaban J connectivity index is 1.82. The van der Waals surface area contributed by atoms with Crippen LogP contribution in [-0.2, 0) is 0 Å². The van der Waals surface area contributed by atoms with Gasteiger partial charge in [-0.25, -0.2) is 0 Å². The van der Waals surface area contributed by atoms with Crippen LogP contribution in [0.25, 0.3) is 41.7 Å². The lowest BCUT2D eigenvalue weighted by Crippen LogP contribution is -2.15. The molecule has 0 atom stereocenters. The molecule has 0 aliphatic heterocycles. The fraction of sp³-hybridized carbons (Fsp3) is 0.0909. The minimum Gasteiger partial charge on any atom is -0.354 e. The molecule has 0 fully saturated rings. The highest BCUT2D eigenvalue weighted by molar-refractivity contribution is 7.21. The van der Waals surface area contributed by atoms with Gasteiger partial charge in [-0.05, 0) is 75.6 Å². The van der Waals surface area contributed by atoms with Crippen molar-refractivity contribution in [3.05, 3.63) is 58.3 Å². The number of carbonyl (C=O) groups excluding carboxylic acids is 2. The van der Waals surface area contributed by atoms with Crippen LogP contribution in [0.3, 0.4) is 0 Å². The van der Waals surface area contributed by atoms with Crippen molar-refractivity contribution in [2.75, 3.05) is 7.05 Å². The van der Waals surface area contributed by atoms with E-state index in [4.69, 9.17) is 0 Å². The average Bonchev–Trinajstić information content (AvgIpc) is 3.27. The molecule has 0 saturated heterocycles. The van der Waals surface area contributed by atoms with Crippen LogP contribution in [0.2, 0.25) is 0 Å². The summed E-state index contributed by atoms with van der Waals surface area (Å²) in [6.07, 6.45) is 0. The first kappa shape index (κ1) is 16.4. The number of benzene rings is 3. The molecule has 0 bridgehead atoms. The van der Waals surface area contributed by atoms with E-state index in [0.29, 0.717) is 0 Å². The summed E-state index contributed by atoms with van der Waals surface area (Å²) in [6, 6.07) is 16.8. The maximum Gasteiger partial charge on any atom is 0.261 e. The Morgan fingerprint density at radius 1 is 0.741 bits per heavy atom. The third-order valence-corrected chi connectivity index (χ3v) is 7.20. The Labute approximate surface area is 163 Å². The molecule has 5 rings (SSSR count). The van der Waals surface area contributed by atoms with Crippen LogP contribution in [0.5, 0.6) is 0 Å². The zero-order valence-corrected chi connectivity index (χ0v) is 16.4. The second-order valence-corrected chi connectivity index (χ2v) is 8.81. The second kappa shape index (κ2) is 5.87. The number of carbonyl (C=O) groups is 2. The van der Waals surface area contributed by atoms with Crippen molar-refractivity contribution in [1.82, 2.24) is 5.32 Å². The van der Waals surface area contributed by atoms with Gasteiger partial charge in [-0.3, -0.25) is 9.59 Å². The third-order valence-electron chi connectivity index (χ3n) is 4.91. The van der Waals surface area contributed by atoms with Gasteiger partial charge in [-0.1, -0.05) is 12.1 Å². The van der Waals surface area contributed by atoms with Gasteiger partial charge >= 0.3 is 0 Å². The average molecular weight is 390 g/mol. The summed E-state index contributed by atoms with van der Waals surface area (Å²) < 4.78 is 2.22. The lowest BCUT2D eigenvalue weighted by atomic mass is 10.00. The summed E-state index contributed by atoms with van der Waals surface area (Å²) in [5.74, 6) is 0.0503. The topological polar surface area (TPSA) is 46.2 Å². The van der Waals surface area contributed by atoms with Gasteiger partial charge in [-0.2, -0.15) is 0 Å². The van der Waals surface area contributed by atoms with Crippen LogP contribution in [0.15, 0.2) is 48.5 Å². The van der Waals surface area contributed by atoms with Gasteiger partial charge in [0.05, 0.1) is 9.75 Å². The highest BCUT2D eigenvalue weighted by Crippen LogP contribution is 2.37. The Hall–Kier alpha value is -2.76. The van der Waals surface area contributed by atoms with E-state index < -0.39 is 0 Å². The van der Waals surface area contributed by atoms with E-state index in [1.54, 1.807) is 25.3 Å². The monoisotopic (exact) mass is 389 g/mol. The number of amides is 1. The zero-order chi connectivity index (χ0) is 18.7. The quantitative estimate of drug-likeness (QED) is 0.298. The van der Waals surface area contributed by atoms with E-state index in [-0.39, 0.29) is 11.7 Å². The van der Waals surface area contributed by atoms with E-state index >= 15 is 0 Å². The summed E-state index contributed by atoms with van der Waals surface area (Å²) in [5, 5.41) is 9.54. The van der Waals surface area contributed by atoms with Gasteiger partial charge in [0.1, 0.15) is 0 Å². The van der Waals surface area contributed by atoms with Crippen molar-refractivity contribution in [1.29, 1.82) is 0 Å². The molecule has 1 amide bonds. The minimum absolute atomic E-state index is 0.0535. The van der Waals surface area contributed by atoms with Crippen LogP contribution in [0, 0.1) is 0 Å². The molecule has 0 aliphatic carbocycles. The first-order chi connectivity index (χ1) is 13.0. The first-order valence-electron chi connectivity index (χ1n) is 8.60. The third kappa shape index (κ3) is 2.54. The van der Waals surface area contributed by atoms with E-state index in [1.807, 2.05) is 12.1 Å². The molecular weight excluding hydrogens is 374 g/mol. The van der Waals surface area contributed by atoms with Crippen LogP contribution in [0.4, 0.5) is 0 Å². The number of thiophene rings is 2. The first-order valence-corrected chi connectivity index (χ1v) is 10.2. The van der Waals surface area contributed by atoms with Gasteiger partial charge in [0.2, 0.25) is 0 Å². The van der Waals surface area contributed by atoms with E-state index in [9.17, 15) is 9.59 Å². The van der Waals surface area contributed by atoms with Crippen LogP contribution in [-0.4, -0.2) is 18.7 Å². The maximum absolute atomic E-state index is 12.0. The van der Waals surface area contributed by atoms with Crippen molar-refractivity contribution in [2.45, 2.75) is 6.92 Å².